The lowest BCUT2D eigenvalue weighted by Gasteiger charge is -2.26. The Kier molecular flexibility index (Phi) is 4.81. The van der Waals surface area contributed by atoms with Gasteiger partial charge in [0.25, 0.3) is 0 Å². The number of rotatable bonds is 4. The maximum Gasteiger partial charge on any atom is 0.417 e. The van der Waals surface area contributed by atoms with Crippen LogP contribution in [-0.4, -0.2) is 19.8 Å². The molecule has 0 saturated carbocycles. The molecule has 0 heterocycles. The van der Waals surface area contributed by atoms with E-state index in [2.05, 4.69) is 0 Å². The van der Waals surface area contributed by atoms with Gasteiger partial charge in [0.15, 0.2) is 0 Å². The summed E-state index contributed by atoms with van der Waals surface area (Å²) in [5, 5.41) is 0. The van der Waals surface area contributed by atoms with Crippen molar-refractivity contribution in [2.45, 2.75) is 24.0 Å². The lowest BCUT2D eigenvalue weighted by molar-refractivity contribution is -0.139. The van der Waals surface area contributed by atoms with Crippen molar-refractivity contribution in [1.82, 2.24) is 4.31 Å². The average Bonchev–Trinajstić information content (AvgIpc) is 2.53. The van der Waals surface area contributed by atoms with E-state index in [1.54, 1.807) is 37.3 Å². The molecule has 23 heavy (non-hydrogen) atoms. The van der Waals surface area contributed by atoms with E-state index in [4.69, 9.17) is 0 Å². The van der Waals surface area contributed by atoms with Crippen LogP contribution in [-0.2, 0) is 16.2 Å². The molecule has 1 atom stereocenters. The Balaban J connectivity index is 2.47. The summed E-state index contributed by atoms with van der Waals surface area (Å²) in [6.07, 6.45) is -4.74. The Morgan fingerprint density at radius 1 is 0.957 bits per heavy atom. The summed E-state index contributed by atoms with van der Waals surface area (Å²) in [4.78, 5) is -0.738. The largest absolute Gasteiger partial charge is 0.417 e. The quantitative estimate of drug-likeness (QED) is 0.839. The van der Waals surface area contributed by atoms with Gasteiger partial charge in [0.2, 0.25) is 10.0 Å². The minimum absolute atomic E-state index is 0.595. The fourth-order valence-corrected chi connectivity index (χ4v) is 3.79. The Morgan fingerprint density at radius 2 is 1.48 bits per heavy atom. The van der Waals surface area contributed by atoms with Gasteiger partial charge in [0, 0.05) is 13.1 Å². The predicted octanol–water partition coefficient (Wildman–Crippen LogP) is 4.09. The Morgan fingerprint density at radius 3 is 2.04 bits per heavy atom. The van der Waals surface area contributed by atoms with Crippen molar-refractivity contribution >= 4 is 10.0 Å². The molecule has 0 aliphatic heterocycles. The molecule has 0 spiro atoms. The molecule has 0 amide bonds. The third-order valence-corrected chi connectivity index (χ3v) is 5.66. The van der Waals surface area contributed by atoms with Crippen LogP contribution >= 0.6 is 0 Å². The molecule has 2 rings (SSSR count). The fraction of sp³-hybridized carbons (Fsp3) is 0.250. The lowest BCUT2D eigenvalue weighted by Crippen LogP contribution is -2.31. The molecule has 0 radical (unpaired) electrons. The second-order valence-electron chi connectivity index (χ2n) is 5.10. The molecule has 2 aromatic rings. The highest BCUT2D eigenvalue weighted by Gasteiger charge is 2.39. The van der Waals surface area contributed by atoms with E-state index in [0.717, 1.165) is 16.4 Å². The van der Waals surface area contributed by atoms with Gasteiger partial charge in [0.05, 0.1) is 10.5 Å². The summed E-state index contributed by atoms with van der Waals surface area (Å²) in [6, 6.07) is 12.3. The van der Waals surface area contributed by atoms with Gasteiger partial charge in [-0.25, -0.2) is 8.42 Å². The number of benzene rings is 2. The van der Waals surface area contributed by atoms with Crippen molar-refractivity contribution in [2.75, 3.05) is 7.05 Å². The van der Waals surface area contributed by atoms with Gasteiger partial charge >= 0.3 is 6.18 Å². The monoisotopic (exact) mass is 343 g/mol. The number of halogens is 3. The molecule has 0 saturated heterocycles. The third kappa shape index (κ3) is 3.56. The Labute approximate surface area is 133 Å². The van der Waals surface area contributed by atoms with Gasteiger partial charge in [-0.15, -0.1) is 0 Å². The maximum atomic E-state index is 13.1. The molecule has 0 bridgehead atoms. The first-order chi connectivity index (χ1) is 10.7. The highest BCUT2D eigenvalue weighted by molar-refractivity contribution is 7.89. The molecule has 2 aromatic carbocycles. The summed E-state index contributed by atoms with van der Waals surface area (Å²) in [5.41, 5.74) is -0.463. The van der Waals surface area contributed by atoms with Gasteiger partial charge in [-0.05, 0) is 24.6 Å². The van der Waals surface area contributed by atoms with E-state index in [1.807, 2.05) is 0 Å². The normalized spacial score (nSPS) is 14.0. The van der Waals surface area contributed by atoms with Gasteiger partial charge in [-0.3, -0.25) is 0 Å². The molecular weight excluding hydrogens is 327 g/mol. The van der Waals surface area contributed by atoms with Crippen LogP contribution in [0.1, 0.15) is 24.1 Å². The second-order valence-corrected chi connectivity index (χ2v) is 7.07. The van der Waals surface area contributed by atoms with E-state index < -0.39 is 32.7 Å². The maximum absolute atomic E-state index is 13.1. The van der Waals surface area contributed by atoms with Crippen molar-refractivity contribution in [3.63, 3.8) is 0 Å². The number of hydrogen-bond donors (Lipinski definition) is 0. The van der Waals surface area contributed by atoms with Gasteiger partial charge in [0.1, 0.15) is 0 Å². The SMILES string of the molecule is CC(c1ccccc1)N(C)S(=O)(=O)c1ccccc1C(F)(F)F. The molecule has 0 fully saturated rings. The van der Waals surface area contributed by atoms with Crippen molar-refractivity contribution < 1.29 is 21.6 Å². The van der Waals surface area contributed by atoms with Crippen molar-refractivity contribution in [3.05, 3.63) is 65.7 Å². The zero-order valence-electron chi connectivity index (χ0n) is 12.6. The highest BCUT2D eigenvalue weighted by atomic mass is 32.2. The van der Waals surface area contributed by atoms with Crippen LogP contribution in [0.2, 0.25) is 0 Å². The second kappa shape index (κ2) is 6.33. The standard InChI is InChI=1S/C16H16F3NO2S/c1-12(13-8-4-3-5-9-13)20(2)23(21,22)15-11-7-6-10-14(15)16(17,18)19/h3-12H,1-2H3. The van der Waals surface area contributed by atoms with Crippen molar-refractivity contribution in [1.29, 1.82) is 0 Å². The molecule has 0 N–H and O–H groups in total. The summed E-state index contributed by atoms with van der Waals surface area (Å²) in [5.74, 6) is 0. The molecule has 3 nitrogen and oxygen atoms in total. The summed E-state index contributed by atoms with van der Waals surface area (Å²) >= 11 is 0. The first kappa shape index (κ1) is 17.5. The van der Waals surface area contributed by atoms with Crippen LogP contribution in [0.15, 0.2) is 59.5 Å². The molecule has 0 aliphatic carbocycles. The number of nitrogens with zero attached hydrogens (tertiary/aromatic N) is 1. The third-order valence-electron chi connectivity index (χ3n) is 3.68. The topological polar surface area (TPSA) is 37.4 Å². The predicted molar refractivity (Wildman–Crippen MR) is 81.2 cm³/mol. The first-order valence-corrected chi connectivity index (χ1v) is 8.29. The highest BCUT2D eigenvalue weighted by Crippen LogP contribution is 2.36. The minimum Gasteiger partial charge on any atom is -0.207 e. The first-order valence-electron chi connectivity index (χ1n) is 6.85. The molecule has 124 valence electrons. The zero-order chi connectivity index (χ0) is 17.3. The van der Waals surface area contributed by atoms with Gasteiger partial charge < -0.3 is 0 Å². The van der Waals surface area contributed by atoms with Crippen LogP contribution in [0, 0.1) is 0 Å². The number of alkyl halides is 3. The smallest absolute Gasteiger partial charge is 0.207 e. The lowest BCUT2D eigenvalue weighted by atomic mass is 10.1. The molecular formula is C16H16F3NO2S. The van der Waals surface area contributed by atoms with Crippen molar-refractivity contribution in [3.8, 4) is 0 Å². The summed E-state index contributed by atoms with van der Waals surface area (Å²) in [7, 11) is -3.01. The number of sulfonamides is 1. The zero-order valence-corrected chi connectivity index (χ0v) is 13.4. The molecule has 0 aliphatic rings. The van der Waals surface area contributed by atoms with Crippen LogP contribution < -0.4 is 0 Å². The summed E-state index contributed by atoms with van der Waals surface area (Å²) < 4.78 is 65.5. The van der Waals surface area contributed by atoms with Crippen LogP contribution in [0.3, 0.4) is 0 Å². The van der Waals surface area contributed by atoms with E-state index in [-0.39, 0.29) is 0 Å². The molecule has 1 unspecified atom stereocenters. The van der Waals surface area contributed by atoms with E-state index in [0.29, 0.717) is 5.56 Å². The Bertz CT molecular complexity index is 773. The van der Waals surface area contributed by atoms with E-state index in [9.17, 15) is 21.6 Å². The Hall–Kier alpha value is -1.86. The minimum atomic E-state index is -4.74. The van der Waals surface area contributed by atoms with Gasteiger partial charge in [-0.1, -0.05) is 42.5 Å². The van der Waals surface area contributed by atoms with E-state index in [1.165, 1.54) is 19.2 Å². The van der Waals surface area contributed by atoms with E-state index >= 15 is 0 Å². The van der Waals surface area contributed by atoms with Gasteiger partial charge in [-0.2, -0.15) is 17.5 Å². The number of hydrogen-bond acceptors (Lipinski definition) is 2. The van der Waals surface area contributed by atoms with Crippen LogP contribution in [0.25, 0.3) is 0 Å². The van der Waals surface area contributed by atoms with Crippen LogP contribution in [0.5, 0.6) is 0 Å². The van der Waals surface area contributed by atoms with Crippen LogP contribution in [0.4, 0.5) is 13.2 Å². The van der Waals surface area contributed by atoms with Crippen molar-refractivity contribution in [2.24, 2.45) is 0 Å². The molecule has 0 aromatic heterocycles. The fourth-order valence-electron chi connectivity index (χ4n) is 2.23. The average molecular weight is 343 g/mol. The molecule has 7 heteroatoms. The summed E-state index contributed by atoms with van der Waals surface area (Å²) in [6.45, 7) is 1.63.